The molecule has 2 rings (SSSR count). The maximum absolute atomic E-state index is 11.7. The topological polar surface area (TPSA) is 115 Å². The van der Waals surface area contributed by atoms with Crippen molar-refractivity contribution in [3.8, 4) is 0 Å². The fraction of sp³-hybridized carbons (Fsp3) is 0. The monoisotopic (exact) mass is 241 g/mol. The van der Waals surface area contributed by atoms with Gasteiger partial charge < -0.3 is 4.98 Å². The van der Waals surface area contributed by atoms with E-state index in [1.807, 2.05) is 0 Å². The third kappa shape index (κ3) is 1.53. The van der Waals surface area contributed by atoms with Crippen LogP contribution in [-0.4, -0.2) is 17.4 Å². The second kappa shape index (κ2) is 3.29. The van der Waals surface area contributed by atoms with Gasteiger partial charge in [-0.15, -0.1) is 3.97 Å². The Morgan fingerprint density at radius 2 is 1.81 bits per heavy atom. The SMILES string of the molecule is NS(=O)(=O)n1c(=O)[nH]c2ccccc2c1=O. The van der Waals surface area contributed by atoms with Gasteiger partial charge in [0, 0.05) is 0 Å². The molecule has 1 aromatic carbocycles. The Morgan fingerprint density at radius 3 is 2.44 bits per heavy atom. The van der Waals surface area contributed by atoms with Crippen LogP contribution in [-0.2, 0) is 10.2 Å². The number of nitrogens with two attached hydrogens (primary N) is 1. The minimum Gasteiger partial charge on any atom is -0.306 e. The summed E-state index contributed by atoms with van der Waals surface area (Å²) < 4.78 is 22.1. The van der Waals surface area contributed by atoms with E-state index in [0.717, 1.165) is 0 Å². The fourth-order valence-electron chi connectivity index (χ4n) is 1.38. The third-order valence-electron chi connectivity index (χ3n) is 2.02. The Bertz CT molecular complexity index is 772. The van der Waals surface area contributed by atoms with Crippen LogP contribution in [0.5, 0.6) is 0 Å². The van der Waals surface area contributed by atoms with E-state index >= 15 is 0 Å². The molecule has 16 heavy (non-hydrogen) atoms. The number of para-hydroxylation sites is 1. The lowest BCUT2D eigenvalue weighted by Crippen LogP contribution is -2.43. The maximum atomic E-state index is 11.7. The van der Waals surface area contributed by atoms with Crippen molar-refractivity contribution in [1.82, 2.24) is 8.96 Å². The van der Waals surface area contributed by atoms with Gasteiger partial charge in [0.15, 0.2) is 0 Å². The van der Waals surface area contributed by atoms with E-state index in [2.05, 4.69) is 4.98 Å². The Hall–Kier alpha value is -1.93. The van der Waals surface area contributed by atoms with Gasteiger partial charge in [0.25, 0.3) is 5.56 Å². The molecule has 0 bridgehead atoms. The number of H-pyrrole nitrogens is 1. The third-order valence-corrected chi connectivity index (χ3v) is 2.86. The van der Waals surface area contributed by atoms with Gasteiger partial charge in [-0.3, -0.25) is 4.79 Å². The molecule has 84 valence electrons. The highest BCUT2D eigenvalue weighted by molar-refractivity contribution is 7.87. The van der Waals surface area contributed by atoms with E-state index in [9.17, 15) is 18.0 Å². The van der Waals surface area contributed by atoms with Crippen molar-refractivity contribution in [3.63, 3.8) is 0 Å². The van der Waals surface area contributed by atoms with E-state index in [4.69, 9.17) is 5.14 Å². The molecule has 0 aliphatic carbocycles. The summed E-state index contributed by atoms with van der Waals surface area (Å²) in [5.74, 6) is 0. The predicted octanol–water partition coefficient (Wildman–Crippen LogP) is -1.26. The molecule has 0 spiro atoms. The first-order valence-electron chi connectivity index (χ1n) is 4.18. The summed E-state index contributed by atoms with van der Waals surface area (Å²) >= 11 is 0. The summed E-state index contributed by atoms with van der Waals surface area (Å²) in [7, 11) is -4.40. The van der Waals surface area contributed by atoms with E-state index in [1.54, 1.807) is 12.1 Å². The van der Waals surface area contributed by atoms with Gasteiger partial charge in [-0.1, -0.05) is 12.1 Å². The number of benzene rings is 1. The van der Waals surface area contributed by atoms with Gasteiger partial charge in [-0.05, 0) is 12.1 Å². The van der Waals surface area contributed by atoms with Crippen LogP contribution in [0.1, 0.15) is 0 Å². The fourth-order valence-corrected chi connectivity index (χ4v) is 1.98. The molecule has 7 nitrogen and oxygen atoms in total. The van der Waals surface area contributed by atoms with Gasteiger partial charge >= 0.3 is 15.9 Å². The smallest absolute Gasteiger partial charge is 0.306 e. The van der Waals surface area contributed by atoms with Gasteiger partial charge in [-0.2, -0.15) is 8.42 Å². The van der Waals surface area contributed by atoms with Crippen molar-refractivity contribution in [3.05, 3.63) is 45.1 Å². The highest BCUT2D eigenvalue weighted by Gasteiger charge is 2.15. The van der Waals surface area contributed by atoms with Crippen LogP contribution in [0, 0.1) is 0 Å². The number of aromatic amines is 1. The summed E-state index contributed by atoms with van der Waals surface area (Å²) in [4.78, 5) is 25.3. The van der Waals surface area contributed by atoms with Crippen LogP contribution >= 0.6 is 0 Å². The lowest BCUT2D eigenvalue weighted by atomic mass is 10.2. The van der Waals surface area contributed by atoms with Crippen molar-refractivity contribution in [2.24, 2.45) is 5.14 Å². The number of hydrogen-bond donors (Lipinski definition) is 2. The minimum atomic E-state index is -4.40. The lowest BCUT2D eigenvalue weighted by Gasteiger charge is -2.02. The second-order valence-electron chi connectivity index (χ2n) is 3.09. The zero-order valence-corrected chi connectivity index (χ0v) is 8.69. The maximum Gasteiger partial charge on any atom is 0.343 e. The van der Waals surface area contributed by atoms with E-state index in [-0.39, 0.29) is 14.9 Å². The largest absolute Gasteiger partial charge is 0.343 e. The molecule has 1 heterocycles. The number of nitrogens with zero attached hydrogens (tertiary/aromatic N) is 1. The van der Waals surface area contributed by atoms with E-state index in [1.165, 1.54) is 12.1 Å². The van der Waals surface area contributed by atoms with Gasteiger partial charge in [0.2, 0.25) is 0 Å². The summed E-state index contributed by atoms with van der Waals surface area (Å²) in [6.45, 7) is 0. The predicted molar refractivity (Wildman–Crippen MR) is 57.3 cm³/mol. The van der Waals surface area contributed by atoms with Crippen LogP contribution in [0.3, 0.4) is 0 Å². The average Bonchev–Trinajstić information content (AvgIpc) is 2.15. The zero-order chi connectivity index (χ0) is 11.9. The first kappa shape index (κ1) is 10.6. The number of fused-ring (bicyclic) bond motifs is 1. The number of hydrogen-bond acceptors (Lipinski definition) is 4. The first-order chi connectivity index (χ1) is 7.41. The normalized spacial score (nSPS) is 11.8. The molecule has 0 aliphatic heterocycles. The molecule has 8 heteroatoms. The molecule has 0 fully saturated rings. The molecule has 0 aliphatic rings. The molecule has 0 saturated carbocycles. The standard InChI is InChI=1S/C8H7N3O4S/c9-16(14,15)11-7(12)5-3-1-2-4-6(5)10-8(11)13/h1-4H,(H,10,13)(H2,9,14,15). The molecule has 0 radical (unpaired) electrons. The van der Waals surface area contributed by atoms with Crippen molar-refractivity contribution in [2.45, 2.75) is 0 Å². The zero-order valence-electron chi connectivity index (χ0n) is 7.88. The summed E-state index contributed by atoms with van der Waals surface area (Å²) in [5, 5.41) is 4.84. The summed E-state index contributed by atoms with van der Waals surface area (Å²) in [6, 6.07) is 6.05. The molecular formula is C8H7N3O4S. The average molecular weight is 241 g/mol. The van der Waals surface area contributed by atoms with Crippen LogP contribution in [0.4, 0.5) is 0 Å². The second-order valence-corrected chi connectivity index (χ2v) is 4.49. The van der Waals surface area contributed by atoms with Crippen molar-refractivity contribution < 1.29 is 8.42 Å². The minimum absolute atomic E-state index is 0.00463. The van der Waals surface area contributed by atoms with Gasteiger partial charge in [-0.25, -0.2) is 9.93 Å². The van der Waals surface area contributed by atoms with E-state index < -0.39 is 21.5 Å². The molecular weight excluding hydrogens is 234 g/mol. The Balaban J connectivity index is 3.11. The van der Waals surface area contributed by atoms with Gasteiger partial charge in [0.1, 0.15) is 0 Å². The highest BCUT2D eigenvalue weighted by atomic mass is 32.2. The van der Waals surface area contributed by atoms with Crippen molar-refractivity contribution >= 4 is 21.1 Å². The molecule has 2 aromatic rings. The highest BCUT2D eigenvalue weighted by Crippen LogP contribution is 2.02. The Kier molecular flexibility index (Phi) is 2.17. The van der Waals surface area contributed by atoms with E-state index in [0.29, 0.717) is 0 Å². The number of rotatable bonds is 1. The molecule has 1 aromatic heterocycles. The van der Waals surface area contributed by atoms with Gasteiger partial charge in [0.05, 0.1) is 10.9 Å². The molecule has 0 amide bonds. The number of aromatic nitrogens is 2. The molecule has 0 saturated heterocycles. The van der Waals surface area contributed by atoms with Crippen LogP contribution in [0.25, 0.3) is 10.9 Å². The summed E-state index contributed by atoms with van der Waals surface area (Å²) in [5.41, 5.74) is -1.77. The quantitative estimate of drug-likeness (QED) is 0.648. The van der Waals surface area contributed by atoms with Crippen LogP contribution < -0.4 is 16.4 Å². The van der Waals surface area contributed by atoms with Crippen molar-refractivity contribution in [1.29, 1.82) is 0 Å². The first-order valence-corrected chi connectivity index (χ1v) is 5.69. The molecule has 3 N–H and O–H groups in total. The van der Waals surface area contributed by atoms with Crippen LogP contribution in [0.2, 0.25) is 0 Å². The number of nitrogens with one attached hydrogen (secondary N) is 1. The molecule has 0 unspecified atom stereocenters. The van der Waals surface area contributed by atoms with Crippen LogP contribution in [0.15, 0.2) is 33.9 Å². The van der Waals surface area contributed by atoms with Crippen molar-refractivity contribution in [2.75, 3.05) is 0 Å². The summed E-state index contributed by atoms with van der Waals surface area (Å²) in [6.07, 6.45) is 0. The lowest BCUT2D eigenvalue weighted by molar-refractivity contribution is 0.584. The molecule has 0 atom stereocenters. The Morgan fingerprint density at radius 1 is 1.19 bits per heavy atom. The Labute approximate surface area is 89.3 Å².